The molecule has 0 aromatic carbocycles. The summed E-state index contributed by atoms with van der Waals surface area (Å²) in [7, 11) is 0. The van der Waals surface area contributed by atoms with Crippen molar-refractivity contribution in [3.05, 3.63) is 21.6 Å². The molecule has 4 heteroatoms. The van der Waals surface area contributed by atoms with Crippen LogP contribution >= 0.6 is 0 Å². The zero-order chi connectivity index (χ0) is 5.28. The van der Waals surface area contributed by atoms with E-state index in [1.807, 2.05) is 0 Å². The predicted octanol–water partition coefficient (Wildman–Crippen LogP) is -7.22. The van der Waals surface area contributed by atoms with Crippen molar-refractivity contribution < 1.29 is 34.5 Å². The molecule has 0 amide bonds. The molecule has 0 atom stereocenters. The summed E-state index contributed by atoms with van der Waals surface area (Å²) in [4.78, 5) is 0. The molecule has 0 heterocycles. The SMILES string of the molecule is CC1=[C]([Ti+3])CC=C1.[F-].[F-].[F-]. The fourth-order valence-corrected chi connectivity index (χ4v) is 0.929. The first-order chi connectivity index (χ1) is 3.30. The third-order valence-corrected chi connectivity index (χ3v) is 2.10. The normalized spacial score (nSPS) is 13.5. The van der Waals surface area contributed by atoms with E-state index in [-0.39, 0.29) is 14.1 Å². The van der Waals surface area contributed by atoms with Gasteiger partial charge in [0.2, 0.25) is 0 Å². The maximum Gasteiger partial charge on any atom is -1.00 e. The predicted molar refractivity (Wildman–Crippen MR) is 26.5 cm³/mol. The quantitative estimate of drug-likeness (QED) is 0.328. The molecular weight excluding hydrogens is 177 g/mol. The number of allylic oxidation sites excluding steroid dienone is 4. The first-order valence-electron chi connectivity index (χ1n) is 2.38. The van der Waals surface area contributed by atoms with Gasteiger partial charge in [0.1, 0.15) is 0 Å². The minimum atomic E-state index is 0. The Morgan fingerprint density at radius 3 is 1.90 bits per heavy atom. The molecule has 0 aromatic heterocycles. The second kappa shape index (κ2) is 7.10. The van der Waals surface area contributed by atoms with Crippen molar-refractivity contribution in [3.8, 4) is 0 Å². The van der Waals surface area contributed by atoms with Crippen molar-refractivity contribution in [2.75, 3.05) is 0 Å². The van der Waals surface area contributed by atoms with E-state index < -0.39 is 0 Å². The van der Waals surface area contributed by atoms with Gasteiger partial charge in [0.05, 0.1) is 0 Å². The van der Waals surface area contributed by atoms with E-state index in [0.717, 1.165) is 0 Å². The average molecular weight is 184 g/mol. The van der Waals surface area contributed by atoms with Crippen LogP contribution < -0.4 is 14.1 Å². The van der Waals surface area contributed by atoms with E-state index in [9.17, 15) is 0 Å². The van der Waals surface area contributed by atoms with Crippen molar-refractivity contribution in [2.45, 2.75) is 13.3 Å². The van der Waals surface area contributed by atoms with Crippen LogP contribution in [0.15, 0.2) is 21.6 Å². The fraction of sp³-hybridized carbons (Fsp3) is 0.333. The van der Waals surface area contributed by atoms with E-state index in [0.29, 0.717) is 0 Å². The van der Waals surface area contributed by atoms with E-state index in [4.69, 9.17) is 0 Å². The van der Waals surface area contributed by atoms with Gasteiger partial charge in [0, 0.05) is 0 Å². The van der Waals surface area contributed by atoms with Crippen molar-refractivity contribution >= 4 is 0 Å². The summed E-state index contributed by atoms with van der Waals surface area (Å²) in [6.45, 7) is 2.15. The fourth-order valence-electron chi connectivity index (χ4n) is 0.615. The molecule has 0 spiro atoms. The Kier molecular flexibility index (Phi) is 11.7. The molecule has 0 saturated carbocycles. The molecule has 0 radical (unpaired) electrons. The van der Waals surface area contributed by atoms with Crippen LogP contribution in [-0.2, 0) is 20.4 Å². The van der Waals surface area contributed by atoms with Crippen LogP contribution in [-0.4, -0.2) is 0 Å². The Morgan fingerprint density at radius 2 is 1.80 bits per heavy atom. The van der Waals surface area contributed by atoms with Crippen LogP contribution in [0.1, 0.15) is 13.3 Å². The van der Waals surface area contributed by atoms with Gasteiger partial charge in [0.15, 0.2) is 0 Å². The topological polar surface area (TPSA) is 0 Å². The van der Waals surface area contributed by atoms with Crippen molar-refractivity contribution in [2.24, 2.45) is 0 Å². The zero-order valence-electron chi connectivity index (χ0n) is 5.50. The first kappa shape index (κ1) is 16.5. The van der Waals surface area contributed by atoms with Crippen LogP contribution in [0.4, 0.5) is 0 Å². The van der Waals surface area contributed by atoms with E-state index in [1.165, 1.54) is 15.9 Å². The van der Waals surface area contributed by atoms with Crippen LogP contribution in [0.5, 0.6) is 0 Å². The monoisotopic (exact) mass is 184 g/mol. The third-order valence-electron chi connectivity index (χ3n) is 1.17. The molecule has 0 fully saturated rings. The number of halogens is 3. The van der Waals surface area contributed by atoms with Gasteiger partial charge >= 0.3 is 55.4 Å². The summed E-state index contributed by atoms with van der Waals surface area (Å²) in [5, 5.41) is 0. The third kappa shape index (κ3) is 3.91. The zero-order valence-corrected chi connectivity index (χ0v) is 7.06. The van der Waals surface area contributed by atoms with Crippen LogP contribution in [0.25, 0.3) is 0 Å². The second-order valence-electron chi connectivity index (χ2n) is 1.77. The molecule has 0 unspecified atom stereocenters. The minimum absolute atomic E-state index is 0. The molecule has 0 nitrogen and oxygen atoms in total. The van der Waals surface area contributed by atoms with E-state index in [2.05, 4.69) is 39.5 Å². The summed E-state index contributed by atoms with van der Waals surface area (Å²) >= 11 is 2.18. The van der Waals surface area contributed by atoms with Crippen LogP contribution in [0.3, 0.4) is 0 Å². The Hall–Kier alpha value is -0.0157. The Labute approximate surface area is 69.9 Å². The number of hydrogen-bond acceptors (Lipinski definition) is 0. The molecule has 1 aliphatic rings. The first-order valence-corrected chi connectivity index (χ1v) is 3.16. The van der Waals surface area contributed by atoms with Gasteiger partial charge in [-0.2, -0.15) is 0 Å². The van der Waals surface area contributed by atoms with E-state index >= 15 is 0 Å². The van der Waals surface area contributed by atoms with Gasteiger partial charge in [-0.25, -0.2) is 0 Å². The number of hydrogen-bond donors (Lipinski definition) is 0. The second-order valence-corrected chi connectivity index (χ2v) is 2.71. The van der Waals surface area contributed by atoms with Gasteiger partial charge in [-0.05, 0) is 0 Å². The molecule has 1 aliphatic carbocycles. The van der Waals surface area contributed by atoms with Crippen LogP contribution in [0, 0.1) is 0 Å². The maximum absolute atomic E-state index is 2.20. The molecule has 56 valence electrons. The van der Waals surface area contributed by atoms with Crippen molar-refractivity contribution in [1.29, 1.82) is 0 Å². The Balaban J connectivity index is -0.000000163. The molecule has 0 aromatic rings. The molecular formula is C6H7F3Ti. The minimum Gasteiger partial charge on any atom is -1.00 e. The van der Waals surface area contributed by atoms with Gasteiger partial charge in [0.25, 0.3) is 0 Å². The molecule has 0 saturated heterocycles. The van der Waals surface area contributed by atoms with Gasteiger partial charge in [-0.3, -0.25) is 0 Å². The summed E-state index contributed by atoms with van der Waals surface area (Å²) < 4.78 is 1.51. The van der Waals surface area contributed by atoms with Crippen molar-refractivity contribution in [1.82, 2.24) is 0 Å². The smallest absolute Gasteiger partial charge is 1.00 e. The summed E-state index contributed by atoms with van der Waals surface area (Å²) in [5.41, 5.74) is 1.44. The van der Waals surface area contributed by atoms with Gasteiger partial charge in [-0.1, -0.05) is 0 Å². The largest absolute Gasteiger partial charge is 1.00 e. The van der Waals surface area contributed by atoms with Crippen LogP contribution in [0.2, 0.25) is 0 Å². The summed E-state index contributed by atoms with van der Waals surface area (Å²) in [6.07, 6.45) is 5.55. The Bertz CT molecular complexity index is 140. The van der Waals surface area contributed by atoms with Gasteiger partial charge < -0.3 is 14.1 Å². The maximum atomic E-state index is 2.20. The Morgan fingerprint density at radius 1 is 1.30 bits per heavy atom. The van der Waals surface area contributed by atoms with Gasteiger partial charge in [-0.15, -0.1) is 0 Å². The molecule has 1 rings (SSSR count). The molecule has 0 N–H and O–H groups in total. The summed E-state index contributed by atoms with van der Waals surface area (Å²) in [6, 6.07) is 0. The van der Waals surface area contributed by atoms with Crippen molar-refractivity contribution in [3.63, 3.8) is 0 Å². The number of rotatable bonds is 0. The molecule has 0 bridgehead atoms. The molecule has 10 heavy (non-hydrogen) atoms. The molecule has 0 aliphatic heterocycles. The summed E-state index contributed by atoms with van der Waals surface area (Å²) in [5.74, 6) is 0. The standard InChI is InChI=1S/C6H7.3FH.Ti/c1-6-4-2-3-5-6;;;;/h2,4H,3H2,1H3;3*1H;/q;;;;+3/p-3. The average Bonchev–Trinajstić information content (AvgIpc) is 1.91. The van der Waals surface area contributed by atoms with E-state index in [1.54, 1.807) is 0 Å².